The van der Waals surface area contributed by atoms with Crippen LogP contribution in [0.15, 0.2) is 66.1 Å². The summed E-state index contributed by atoms with van der Waals surface area (Å²) in [6.07, 6.45) is 0. The summed E-state index contributed by atoms with van der Waals surface area (Å²) in [6, 6.07) is 14.4. The Labute approximate surface area is 181 Å². The van der Waals surface area contributed by atoms with Crippen LogP contribution in [-0.2, 0) is 20.9 Å². The number of amides is 3. The van der Waals surface area contributed by atoms with Gasteiger partial charge in [-0.3, -0.25) is 24.2 Å². The summed E-state index contributed by atoms with van der Waals surface area (Å²) in [5.41, 5.74) is 1.02. The molecular weight excluding hydrogens is 420 g/mol. The maximum Gasteiger partial charge on any atom is 0.358 e. The van der Waals surface area contributed by atoms with Gasteiger partial charge in [-0.15, -0.1) is 11.8 Å². The summed E-state index contributed by atoms with van der Waals surface area (Å²) in [4.78, 5) is 53.3. The first-order chi connectivity index (χ1) is 15.0. The van der Waals surface area contributed by atoms with Crippen molar-refractivity contribution in [2.75, 3.05) is 5.75 Å². The zero-order valence-electron chi connectivity index (χ0n) is 16.1. The van der Waals surface area contributed by atoms with E-state index in [0.29, 0.717) is 0 Å². The number of thioether (sulfide) groups is 1. The van der Waals surface area contributed by atoms with Crippen molar-refractivity contribution in [2.24, 2.45) is 0 Å². The Morgan fingerprint density at radius 1 is 0.968 bits per heavy atom. The topological polar surface area (TPSA) is 104 Å². The first kappa shape index (κ1) is 19.4. The van der Waals surface area contributed by atoms with Crippen LogP contribution in [0, 0.1) is 0 Å². The molecule has 31 heavy (non-hydrogen) atoms. The third-order valence-electron chi connectivity index (χ3n) is 5.43. The van der Waals surface area contributed by atoms with Crippen LogP contribution in [0.1, 0.15) is 26.3 Å². The van der Waals surface area contributed by atoms with Gasteiger partial charge >= 0.3 is 5.97 Å². The molecule has 3 heterocycles. The first-order valence-electron chi connectivity index (χ1n) is 9.54. The minimum Gasteiger partial charge on any atom is -0.509 e. The van der Waals surface area contributed by atoms with E-state index in [-0.39, 0.29) is 34.9 Å². The fourth-order valence-electron chi connectivity index (χ4n) is 3.93. The Hall–Kier alpha value is -3.59. The quantitative estimate of drug-likeness (QED) is 0.445. The van der Waals surface area contributed by atoms with Gasteiger partial charge in [0, 0.05) is 0 Å². The molecule has 1 saturated heterocycles. The second-order valence-corrected chi connectivity index (χ2v) is 8.34. The molecule has 1 unspecified atom stereocenters. The monoisotopic (exact) mass is 436 g/mol. The van der Waals surface area contributed by atoms with Gasteiger partial charge < -0.3 is 9.84 Å². The van der Waals surface area contributed by atoms with Gasteiger partial charge in [-0.1, -0.05) is 42.5 Å². The Morgan fingerprint density at radius 2 is 1.58 bits per heavy atom. The number of aliphatic hydroxyl groups is 1. The molecule has 1 N–H and O–H groups in total. The van der Waals surface area contributed by atoms with Gasteiger partial charge in [0.05, 0.1) is 16.9 Å². The molecule has 8 nitrogen and oxygen atoms in total. The minimum absolute atomic E-state index is 0.0157. The second-order valence-electron chi connectivity index (χ2n) is 7.24. The van der Waals surface area contributed by atoms with Crippen molar-refractivity contribution < 1.29 is 29.0 Å². The number of carbonyl (C=O) groups excluding carboxylic acids is 4. The number of rotatable bonds is 4. The molecule has 2 aromatic rings. The number of esters is 1. The first-order valence-corrected chi connectivity index (χ1v) is 10.6. The zero-order chi connectivity index (χ0) is 21.7. The number of imide groups is 1. The van der Waals surface area contributed by atoms with Crippen LogP contribution in [0.3, 0.4) is 0 Å². The number of ether oxygens (including phenoxy) is 1. The van der Waals surface area contributed by atoms with Crippen molar-refractivity contribution in [3.63, 3.8) is 0 Å². The van der Waals surface area contributed by atoms with Gasteiger partial charge in [0.2, 0.25) is 0 Å². The van der Waals surface area contributed by atoms with Crippen molar-refractivity contribution in [1.82, 2.24) is 9.80 Å². The molecular formula is C22H16N2O6S. The van der Waals surface area contributed by atoms with E-state index in [4.69, 9.17) is 4.74 Å². The Kier molecular flexibility index (Phi) is 4.55. The number of nitrogens with zero attached hydrogens (tertiary/aromatic N) is 2. The predicted molar refractivity (Wildman–Crippen MR) is 110 cm³/mol. The maximum atomic E-state index is 13.0. The summed E-state index contributed by atoms with van der Waals surface area (Å²) in [6.45, 7) is -0.0157. The van der Waals surface area contributed by atoms with Crippen LogP contribution in [0.2, 0.25) is 0 Å². The number of carbonyl (C=O) groups is 4. The molecule has 3 aliphatic heterocycles. The molecule has 0 bridgehead atoms. The summed E-state index contributed by atoms with van der Waals surface area (Å²) in [5, 5.41) is 9.63. The van der Waals surface area contributed by atoms with E-state index >= 15 is 0 Å². The molecule has 1 fully saturated rings. The highest BCUT2D eigenvalue weighted by Crippen LogP contribution is 2.44. The highest BCUT2D eigenvalue weighted by Gasteiger charge is 2.60. The molecule has 3 aliphatic rings. The van der Waals surface area contributed by atoms with Crippen LogP contribution < -0.4 is 0 Å². The fourth-order valence-corrected chi connectivity index (χ4v) is 5.17. The van der Waals surface area contributed by atoms with E-state index < -0.39 is 35.1 Å². The van der Waals surface area contributed by atoms with Crippen LogP contribution in [0.4, 0.5) is 0 Å². The lowest BCUT2D eigenvalue weighted by Gasteiger charge is -2.50. The lowest BCUT2D eigenvalue weighted by atomic mass is 10.0. The van der Waals surface area contributed by atoms with Gasteiger partial charge in [-0.25, -0.2) is 4.79 Å². The van der Waals surface area contributed by atoms with Gasteiger partial charge in [-0.2, -0.15) is 0 Å². The number of aliphatic hydroxyl groups excluding tert-OH is 1. The Balaban J connectivity index is 1.36. The fraction of sp³-hybridized carbons (Fsp3) is 0.182. The van der Waals surface area contributed by atoms with E-state index in [2.05, 4.69) is 0 Å². The molecule has 9 heteroatoms. The smallest absolute Gasteiger partial charge is 0.358 e. The van der Waals surface area contributed by atoms with E-state index in [1.165, 1.54) is 11.8 Å². The van der Waals surface area contributed by atoms with Gasteiger partial charge in [-0.05, 0) is 17.7 Å². The van der Waals surface area contributed by atoms with Crippen molar-refractivity contribution in [1.29, 1.82) is 0 Å². The molecule has 0 aliphatic carbocycles. The summed E-state index contributed by atoms with van der Waals surface area (Å²) >= 11 is 1.18. The average Bonchev–Trinajstić information content (AvgIpc) is 3.03. The van der Waals surface area contributed by atoms with Crippen molar-refractivity contribution in [3.05, 3.63) is 82.7 Å². The third kappa shape index (κ3) is 2.92. The minimum atomic E-state index is -1.04. The van der Waals surface area contributed by atoms with Gasteiger partial charge in [0.1, 0.15) is 23.8 Å². The number of benzene rings is 2. The average molecular weight is 436 g/mol. The van der Waals surface area contributed by atoms with Crippen LogP contribution >= 0.6 is 11.8 Å². The third-order valence-corrected chi connectivity index (χ3v) is 6.68. The Morgan fingerprint density at radius 3 is 2.23 bits per heavy atom. The Bertz CT molecular complexity index is 1130. The molecule has 2 aromatic carbocycles. The maximum absolute atomic E-state index is 13.0. The van der Waals surface area contributed by atoms with Crippen LogP contribution in [0.5, 0.6) is 0 Å². The van der Waals surface area contributed by atoms with Gasteiger partial charge in [0.15, 0.2) is 5.70 Å². The number of hydrogen-bond acceptors (Lipinski definition) is 7. The summed E-state index contributed by atoms with van der Waals surface area (Å²) in [5.74, 6) is -2.72. The lowest BCUT2D eigenvalue weighted by Crippen LogP contribution is -2.71. The van der Waals surface area contributed by atoms with E-state index in [1.807, 2.05) is 6.07 Å². The van der Waals surface area contributed by atoms with Crippen molar-refractivity contribution in [2.45, 2.75) is 18.0 Å². The van der Waals surface area contributed by atoms with E-state index in [1.54, 1.807) is 48.5 Å². The summed E-state index contributed by atoms with van der Waals surface area (Å²) in [7, 11) is 0. The number of hydrogen-bond donors (Lipinski definition) is 1. The van der Waals surface area contributed by atoms with E-state index in [9.17, 15) is 24.3 Å². The van der Waals surface area contributed by atoms with Crippen molar-refractivity contribution in [3.8, 4) is 0 Å². The standard InChI is InChI=1S/C22H16N2O6S/c25-15-11-31-21-17(23-18(26)13-8-4-5-9-14(13)19(23)27)20(28)24(21)16(15)22(29)30-10-12-6-2-1-3-7-12/h1-9,17,21,25H,10-11H2/t17?,21-/m0/s1. The highest BCUT2D eigenvalue weighted by atomic mass is 32.2. The molecule has 156 valence electrons. The molecule has 0 radical (unpaired) electrons. The SMILES string of the molecule is O=C(OCc1ccccc1)C1=C(O)CS[C@H]2C(N3C(=O)c4ccccc4C3=O)C(=O)N12. The number of β-lactam (4-membered cyclic amide) rings is 1. The number of fused-ring (bicyclic) bond motifs is 2. The normalized spacial score (nSPS) is 22.3. The van der Waals surface area contributed by atoms with Crippen LogP contribution in [0.25, 0.3) is 0 Å². The molecule has 0 aromatic heterocycles. The second kappa shape index (κ2) is 7.28. The molecule has 3 amide bonds. The molecule has 0 spiro atoms. The zero-order valence-corrected chi connectivity index (χ0v) is 16.9. The highest BCUT2D eigenvalue weighted by molar-refractivity contribution is 8.00. The molecule has 5 rings (SSSR count). The van der Waals surface area contributed by atoms with E-state index in [0.717, 1.165) is 15.4 Å². The van der Waals surface area contributed by atoms with Gasteiger partial charge in [0.25, 0.3) is 17.7 Å². The van der Waals surface area contributed by atoms with Crippen LogP contribution in [-0.4, -0.2) is 55.8 Å². The largest absolute Gasteiger partial charge is 0.509 e. The predicted octanol–water partition coefficient (Wildman–Crippen LogP) is 2.08. The van der Waals surface area contributed by atoms with Crippen molar-refractivity contribution >= 4 is 35.5 Å². The molecule has 2 atom stereocenters. The molecule has 0 saturated carbocycles. The summed E-state index contributed by atoms with van der Waals surface area (Å²) < 4.78 is 5.29. The lowest BCUT2D eigenvalue weighted by molar-refractivity contribution is -0.155.